The van der Waals surface area contributed by atoms with Gasteiger partial charge < -0.3 is 5.32 Å². The first-order valence-corrected chi connectivity index (χ1v) is 10.2. The molecule has 0 spiro atoms. The summed E-state index contributed by atoms with van der Waals surface area (Å²) in [5.74, 6) is 0. The molecule has 4 aromatic heterocycles. The van der Waals surface area contributed by atoms with Crippen LogP contribution in [-0.4, -0.2) is 35.9 Å². The number of nitrogens with zero attached hydrogens (tertiary/aromatic N) is 6. The van der Waals surface area contributed by atoms with E-state index in [0.29, 0.717) is 0 Å². The summed E-state index contributed by atoms with van der Waals surface area (Å²) in [4.78, 5) is 22.2. The summed E-state index contributed by atoms with van der Waals surface area (Å²) in [7, 11) is 3.65. The molecule has 156 valence electrons. The van der Waals surface area contributed by atoms with E-state index in [1.54, 1.807) is 28.6 Å². The average Bonchev–Trinajstić information content (AvgIpc) is 3.30. The van der Waals surface area contributed by atoms with Crippen LogP contribution in [0.2, 0.25) is 0 Å². The first-order valence-electron chi connectivity index (χ1n) is 10.2. The minimum Gasteiger partial charge on any atom is -0.387 e. The molecule has 0 atom stereocenters. The summed E-state index contributed by atoms with van der Waals surface area (Å²) in [5.41, 5.74) is 6.85. The number of imidazole rings is 1. The summed E-state index contributed by atoms with van der Waals surface area (Å²) < 4.78 is 5.24. The van der Waals surface area contributed by atoms with Crippen molar-refractivity contribution >= 4 is 27.6 Å². The van der Waals surface area contributed by atoms with Crippen molar-refractivity contribution in [2.75, 3.05) is 12.4 Å². The van der Waals surface area contributed by atoms with E-state index in [4.69, 9.17) is 0 Å². The van der Waals surface area contributed by atoms with Crippen molar-refractivity contribution in [1.82, 2.24) is 28.9 Å². The second-order valence-electron chi connectivity index (χ2n) is 7.57. The Balaban J connectivity index is 1.85. The molecule has 0 aliphatic carbocycles. The van der Waals surface area contributed by atoms with Crippen LogP contribution in [0.25, 0.3) is 38.8 Å². The molecule has 0 bridgehead atoms. The van der Waals surface area contributed by atoms with Gasteiger partial charge in [0.2, 0.25) is 0 Å². The Hall–Kier alpha value is -3.94. The van der Waals surface area contributed by atoms with Crippen LogP contribution in [0.1, 0.15) is 12.6 Å². The van der Waals surface area contributed by atoms with Gasteiger partial charge in [-0.2, -0.15) is 5.10 Å². The number of pyridine rings is 2. The van der Waals surface area contributed by atoms with Gasteiger partial charge >= 0.3 is 5.69 Å². The lowest BCUT2D eigenvalue weighted by molar-refractivity contribution is 0.653. The summed E-state index contributed by atoms with van der Waals surface area (Å²) >= 11 is 0. The van der Waals surface area contributed by atoms with Crippen molar-refractivity contribution in [3.8, 4) is 16.8 Å². The molecule has 5 rings (SSSR count). The van der Waals surface area contributed by atoms with E-state index in [-0.39, 0.29) is 5.69 Å². The smallest absolute Gasteiger partial charge is 0.333 e. The molecule has 0 amide bonds. The van der Waals surface area contributed by atoms with Crippen LogP contribution in [0.15, 0.2) is 53.8 Å². The van der Waals surface area contributed by atoms with Gasteiger partial charge in [0.1, 0.15) is 0 Å². The summed E-state index contributed by atoms with van der Waals surface area (Å²) in [5, 5.41) is 8.58. The molecule has 1 N–H and O–H groups in total. The van der Waals surface area contributed by atoms with E-state index in [1.807, 2.05) is 50.1 Å². The number of rotatable bonds is 4. The van der Waals surface area contributed by atoms with Crippen molar-refractivity contribution in [2.45, 2.75) is 20.4 Å². The molecule has 4 heterocycles. The van der Waals surface area contributed by atoms with Crippen molar-refractivity contribution in [1.29, 1.82) is 0 Å². The fraction of sp³-hybridized carbons (Fsp3) is 0.217. The average molecular weight is 413 g/mol. The summed E-state index contributed by atoms with van der Waals surface area (Å²) in [6, 6.07) is 8.15. The largest absolute Gasteiger partial charge is 0.387 e. The fourth-order valence-corrected chi connectivity index (χ4v) is 4.02. The van der Waals surface area contributed by atoms with Crippen LogP contribution in [0.5, 0.6) is 0 Å². The van der Waals surface area contributed by atoms with E-state index in [0.717, 1.165) is 56.7 Å². The molecule has 8 nitrogen and oxygen atoms in total. The minimum atomic E-state index is -0.118. The van der Waals surface area contributed by atoms with Crippen molar-refractivity contribution in [2.24, 2.45) is 7.05 Å². The highest BCUT2D eigenvalue weighted by Gasteiger charge is 2.19. The number of fused-ring (bicyclic) bond motifs is 3. The molecule has 1 aromatic carbocycles. The van der Waals surface area contributed by atoms with E-state index < -0.39 is 0 Å². The van der Waals surface area contributed by atoms with Gasteiger partial charge in [-0.1, -0.05) is 6.07 Å². The Kier molecular flexibility index (Phi) is 4.35. The van der Waals surface area contributed by atoms with Gasteiger partial charge in [0.25, 0.3) is 0 Å². The molecular weight excluding hydrogens is 390 g/mol. The molecule has 0 fully saturated rings. The number of anilines is 1. The minimum absolute atomic E-state index is 0.118. The van der Waals surface area contributed by atoms with Crippen molar-refractivity contribution < 1.29 is 0 Å². The van der Waals surface area contributed by atoms with Gasteiger partial charge in [-0.05, 0) is 37.6 Å². The molecule has 8 heteroatoms. The lowest BCUT2D eigenvalue weighted by Gasteiger charge is -2.08. The Labute approximate surface area is 178 Å². The first kappa shape index (κ1) is 19.0. The monoisotopic (exact) mass is 413 g/mol. The molecule has 0 aliphatic heterocycles. The summed E-state index contributed by atoms with van der Waals surface area (Å²) in [6.45, 7) is 4.69. The second kappa shape index (κ2) is 7.09. The topological polar surface area (TPSA) is 82.6 Å². The lowest BCUT2D eigenvalue weighted by atomic mass is 10.0. The van der Waals surface area contributed by atoms with Gasteiger partial charge in [0, 0.05) is 50.2 Å². The number of aryl methyl sites for hydroxylation is 3. The molecule has 5 aromatic rings. The third-order valence-corrected chi connectivity index (χ3v) is 5.73. The van der Waals surface area contributed by atoms with Gasteiger partial charge in [-0.25, -0.2) is 4.79 Å². The zero-order valence-electron chi connectivity index (χ0n) is 17.9. The fourth-order valence-electron chi connectivity index (χ4n) is 4.02. The zero-order valence-corrected chi connectivity index (χ0v) is 17.9. The second-order valence-corrected chi connectivity index (χ2v) is 7.57. The number of aromatic nitrogens is 6. The van der Waals surface area contributed by atoms with E-state index in [2.05, 4.69) is 32.5 Å². The first-order chi connectivity index (χ1) is 15.0. The van der Waals surface area contributed by atoms with E-state index in [1.165, 1.54) is 0 Å². The standard InChI is InChI=1S/C23H23N7O/c1-5-29-13-21(14(2)27-29)30-22-18-9-15(16-8-17(24-3)11-25-10-16)6-7-19(18)26-12-20(22)28(4)23(30)31/h6-13,24H,5H2,1-4H3. The van der Waals surface area contributed by atoms with Gasteiger partial charge in [0.15, 0.2) is 0 Å². The zero-order chi connectivity index (χ0) is 21.7. The molecule has 0 aliphatic rings. The van der Waals surface area contributed by atoms with E-state index in [9.17, 15) is 4.79 Å². The predicted molar refractivity (Wildman–Crippen MR) is 123 cm³/mol. The quantitative estimate of drug-likeness (QED) is 0.488. The van der Waals surface area contributed by atoms with Crippen LogP contribution < -0.4 is 11.0 Å². The Morgan fingerprint density at radius 1 is 1.10 bits per heavy atom. The molecule has 0 saturated carbocycles. The number of hydrogen-bond acceptors (Lipinski definition) is 5. The summed E-state index contributed by atoms with van der Waals surface area (Å²) in [6.07, 6.45) is 7.31. The Morgan fingerprint density at radius 3 is 2.68 bits per heavy atom. The van der Waals surface area contributed by atoms with Gasteiger partial charge in [-0.3, -0.25) is 23.8 Å². The van der Waals surface area contributed by atoms with Gasteiger partial charge in [0.05, 0.1) is 39.8 Å². The Bertz CT molecular complexity index is 1510. The normalized spacial score (nSPS) is 11.5. The van der Waals surface area contributed by atoms with Crippen molar-refractivity contribution in [3.05, 3.63) is 65.2 Å². The van der Waals surface area contributed by atoms with Crippen LogP contribution in [0.3, 0.4) is 0 Å². The van der Waals surface area contributed by atoms with Crippen LogP contribution >= 0.6 is 0 Å². The predicted octanol–water partition coefficient (Wildman–Crippen LogP) is 3.51. The third kappa shape index (κ3) is 2.91. The number of nitrogens with one attached hydrogen (secondary N) is 1. The number of benzene rings is 1. The third-order valence-electron chi connectivity index (χ3n) is 5.73. The maximum Gasteiger partial charge on any atom is 0.333 e. The van der Waals surface area contributed by atoms with Crippen LogP contribution in [0, 0.1) is 6.92 Å². The molecule has 0 saturated heterocycles. The van der Waals surface area contributed by atoms with Crippen molar-refractivity contribution in [3.63, 3.8) is 0 Å². The highest BCUT2D eigenvalue weighted by atomic mass is 16.1. The Morgan fingerprint density at radius 2 is 1.94 bits per heavy atom. The maximum atomic E-state index is 13.3. The molecular formula is C23H23N7O. The molecule has 31 heavy (non-hydrogen) atoms. The SMILES string of the molecule is CCn1cc(-n2c(=O)n(C)c3cnc4ccc(-c5cncc(NC)c5)cc4c32)c(C)n1. The molecule has 0 radical (unpaired) electrons. The highest BCUT2D eigenvalue weighted by Crippen LogP contribution is 2.30. The van der Waals surface area contributed by atoms with Crippen LogP contribution in [-0.2, 0) is 13.6 Å². The molecule has 0 unspecified atom stereocenters. The highest BCUT2D eigenvalue weighted by molar-refractivity contribution is 6.04. The van der Waals surface area contributed by atoms with E-state index >= 15 is 0 Å². The lowest BCUT2D eigenvalue weighted by Crippen LogP contribution is -2.21. The van der Waals surface area contributed by atoms with Crippen LogP contribution in [0.4, 0.5) is 5.69 Å². The maximum absolute atomic E-state index is 13.3. The number of hydrogen-bond donors (Lipinski definition) is 1. The van der Waals surface area contributed by atoms with Gasteiger partial charge in [-0.15, -0.1) is 0 Å².